The van der Waals surface area contributed by atoms with E-state index in [0.29, 0.717) is 0 Å². The molecule has 1 aliphatic rings. The third-order valence-electron chi connectivity index (χ3n) is 7.53. The van der Waals surface area contributed by atoms with Crippen LogP contribution in [0.1, 0.15) is 48.0 Å². The topological polar surface area (TPSA) is 18.5 Å². The molecule has 2 nitrogen and oxygen atoms in total. The Kier molecular flexibility index (Phi) is 7.93. The van der Waals surface area contributed by atoms with E-state index in [0.717, 1.165) is 16.7 Å². The van der Waals surface area contributed by atoms with Gasteiger partial charge in [0, 0.05) is 16.8 Å². The minimum atomic E-state index is -2.67. The normalized spacial score (nSPS) is 19.9. The fourth-order valence-electron chi connectivity index (χ4n) is 4.60. The molecule has 0 radical (unpaired) electrons. The zero-order chi connectivity index (χ0) is 25.4. The van der Waals surface area contributed by atoms with Gasteiger partial charge >= 0.3 is 0 Å². The second-order valence-corrected chi connectivity index (χ2v) is 21.8. The molecule has 34 heavy (non-hydrogen) atoms. The van der Waals surface area contributed by atoms with Crippen molar-refractivity contribution in [2.75, 3.05) is 0 Å². The average Bonchev–Trinajstić information content (AvgIpc) is 3.04. The molecule has 0 heterocycles. The van der Waals surface area contributed by atoms with E-state index in [2.05, 4.69) is 138 Å². The zero-order valence-corrected chi connectivity index (χ0v) is 25.7. The van der Waals surface area contributed by atoms with Crippen molar-refractivity contribution >= 4 is 42.9 Å². The van der Waals surface area contributed by atoms with Gasteiger partial charge in [-0.05, 0) is 33.5 Å². The molecule has 5 heteroatoms. The van der Waals surface area contributed by atoms with Gasteiger partial charge in [0.2, 0.25) is 8.32 Å². The molecule has 0 saturated heterocycles. The van der Waals surface area contributed by atoms with E-state index in [1.54, 1.807) is 0 Å². The first kappa shape index (κ1) is 27.2. The Bertz CT molecular complexity index is 978. The Labute approximate surface area is 217 Å². The van der Waals surface area contributed by atoms with Crippen molar-refractivity contribution in [3.05, 3.63) is 83.6 Å². The molecule has 2 aromatic carbocycles. The van der Waals surface area contributed by atoms with E-state index in [9.17, 15) is 0 Å². The van der Waals surface area contributed by atoms with Crippen molar-refractivity contribution in [3.8, 4) is 0 Å². The summed E-state index contributed by atoms with van der Waals surface area (Å²) in [5, 5.41) is 2.66. The highest BCUT2D eigenvalue weighted by Crippen LogP contribution is 2.47. The Hall–Kier alpha value is -1.41. The first-order valence-electron chi connectivity index (χ1n) is 12.2. The van der Waals surface area contributed by atoms with Crippen LogP contribution in [0.15, 0.2) is 83.6 Å². The van der Waals surface area contributed by atoms with Crippen molar-refractivity contribution < 1.29 is 8.85 Å². The largest absolute Gasteiger partial charge is 0.546 e. The molecule has 0 aliphatic heterocycles. The van der Waals surface area contributed by atoms with E-state index in [-0.39, 0.29) is 22.1 Å². The van der Waals surface area contributed by atoms with Gasteiger partial charge in [-0.25, -0.2) is 0 Å². The fraction of sp³-hybridized carbons (Fsp3) is 0.448. The first-order chi connectivity index (χ1) is 15.7. The lowest BCUT2D eigenvalue weighted by Gasteiger charge is -2.45. The Balaban J connectivity index is 2.08. The Morgan fingerprint density at radius 1 is 0.853 bits per heavy atom. The highest BCUT2D eigenvalue weighted by molar-refractivity contribution is 9.11. The van der Waals surface area contributed by atoms with Gasteiger partial charge in [0.1, 0.15) is 0 Å². The molecular formula is C29H41BrO2Si2. The van der Waals surface area contributed by atoms with Crippen LogP contribution in [0.4, 0.5) is 0 Å². The van der Waals surface area contributed by atoms with Gasteiger partial charge in [-0.2, -0.15) is 0 Å². The van der Waals surface area contributed by atoms with Gasteiger partial charge < -0.3 is 8.85 Å². The lowest BCUT2D eigenvalue weighted by molar-refractivity contribution is 0.165. The molecule has 0 bridgehead atoms. The maximum absolute atomic E-state index is 7.47. The van der Waals surface area contributed by atoms with Crippen LogP contribution in [0, 0.1) is 5.92 Å². The number of benzene rings is 2. The second kappa shape index (κ2) is 9.92. The maximum Gasteiger partial charge on any atom is 0.261 e. The fourth-order valence-corrected chi connectivity index (χ4v) is 11.3. The smallest absolute Gasteiger partial charge is 0.261 e. The van der Waals surface area contributed by atoms with Gasteiger partial charge in [-0.3, -0.25) is 0 Å². The molecule has 184 valence electrons. The van der Waals surface area contributed by atoms with Crippen LogP contribution in [0.3, 0.4) is 0 Å². The van der Waals surface area contributed by atoms with Crippen LogP contribution in [-0.2, 0) is 8.85 Å². The van der Waals surface area contributed by atoms with E-state index in [1.807, 2.05) is 6.08 Å². The van der Waals surface area contributed by atoms with Gasteiger partial charge in [-0.1, -0.05) is 124 Å². The van der Waals surface area contributed by atoms with Gasteiger partial charge in [0.25, 0.3) is 8.32 Å². The minimum Gasteiger partial charge on any atom is -0.546 e. The van der Waals surface area contributed by atoms with E-state index in [1.165, 1.54) is 10.4 Å². The van der Waals surface area contributed by atoms with E-state index < -0.39 is 16.6 Å². The molecular weight excluding hydrogens is 516 g/mol. The molecule has 0 aromatic heterocycles. The molecule has 0 unspecified atom stereocenters. The number of rotatable bonds is 7. The Morgan fingerprint density at radius 2 is 1.32 bits per heavy atom. The standard InChI is InChI=1S/C29H41BrO2Si2/c1-10-24-25(21-26(27(24)30)31-33(8,9)28(2,3)4)32-34(29(5,6)7,22-17-13-11-14-18-22)23-19-15-12-16-20-23/h10-20,24-25H,1,21H2,2-9H3/t24-,25+/m0/s1. The molecule has 0 spiro atoms. The van der Waals surface area contributed by atoms with Crippen molar-refractivity contribution in [2.45, 2.75) is 77.2 Å². The quantitative estimate of drug-likeness (QED) is 0.256. The van der Waals surface area contributed by atoms with Crippen molar-refractivity contribution in [1.29, 1.82) is 0 Å². The van der Waals surface area contributed by atoms with Crippen LogP contribution in [0.5, 0.6) is 0 Å². The van der Waals surface area contributed by atoms with Crippen molar-refractivity contribution in [3.63, 3.8) is 0 Å². The summed E-state index contributed by atoms with van der Waals surface area (Å²) in [7, 11) is -4.64. The summed E-state index contributed by atoms with van der Waals surface area (Å²) in [6.45, 7) is 22.6. The first-order valence-corrected chi connectivity index (χ1v) is 17.8. The molecule has 0 N–H and O–H groups in total. The van der Waals surface area contributed by atoms with Crippen LogP contribution in [0.25, 0.3) is 0 Å². The molecule has 0 fully saturated rings. The molecule has 2 aromatic rings. The Morgan fingerprint density at radius 3 is 1.71 bits per heavy atom. The van der Waals surface area contributed by atoms with E-state index >= 15 is 0 Å². The average molecular weight is 558 g/mol. The lowest BCUT2D eigenvalue weighted by Crippen LogP contribution is -2.68. The third kappa shape index (κ3) is 5.08. The molecule has 2 atom stereocenters. The van der Waals surface area contributed by atoms with Crippen LogP contribution in [-0.4, -0.2) is 22.7 Å². The third-order valence-corrected chi connectivity index (χ3v) is 17.9. The number of halogens is 1. The maximum atomic E-state index is 7.47. The highest BCUT2D eigenvalue weighted by Gasteiger charge is 2.53. The minimum absolute atomic E-state index is 0.0297. The predicted molar refractivity (Wildman–Crippen MR) is 155 cm³/mol. The van der Waals surface area contributed by atoms with Gasteiger partial charge in [0.05, 0.1) is 11.9 Å². The summed E-state index contributed by atoms with van der Waals surface area (Å²) < 4.78 is 15.4. The summed E-state index contributed by atoms with van der Waals surface area (Å²) in [6.07, 6.45) is 2.75. The number of hydrogen-bond donors (Lipinski definition) is 0. The zero-order valence-electron chi connectivity index (χ0n) is 22.1. The summed E-state index contributed by atoms with van der Waals surface area (Å²) >= 11 is 3.90. The molecule has 0 saturated carbocycles. The van der Waals surface area contributed by atoms with Crippen LogP contribution < -0.4 is 10.4 Å². The second-order valence-electron chi connectivity index (χ2n) is 11.9. The van der Waals surface area contributed by atoms with Gasteiger partial charge in [-0.15, -0.1) is 6.58 Å². The summed E-state index contributed by atoms with van der Waals surface area (Å²) in [5.74, 6) is 1.11. The molecule has 1 aliphatic carbocycles. The predicted octanol–water partition coefficient (Wildman–Crippen LogP) is 7.77. The number of hydrogen-bond acceptors (Lipinski definition) is 2. The van der Waals surface area contributed by atoms with Gasteiger partial charge in [0.15, 0.2) is 0 Å². The molecule has 0 amide bonds. The van der Waals surface area contributed by atoms with Crippen molar-refractivity contribution in [2.24, 2.45) is 5.92 Å². The summed E-state index contributed by atoms with van der Waals surface area (Å²) in [4.78, 5) is 0. The highest BCUT2D eigenvalue weighted by atomic mass is 79.9. The summed E-state index contributed by atoms with van der Waals surface area (Å²) in [6, 6.07) is 21.7. The lowest BCUT2D eigenvalue weighted by atomic mass is 10.1. The van der Waals surface area contributed by atoms with Crippen molar-refractivity contribution in [1.82, 2.24) is 0 Å². The summed E-state index contributed by atoms with van der Waals surface area (Å²) in [5.41, 5.74) is 0. The molecule has 3 rings (SSSR count). The SMILES string of the molecule is C=C[C@@H]1C(Br)=C(O[Si](C)(C)C(C)(C)C)C[C@H]1O[Si](c1ccccc1)(c1ccccc1)C(C)(C)C. The van der Waals surface area contributed by atoms with E-state index in [4.69, 9.17) is 8.85 Å². The van der Waals surface area contributed by atoms with Crippen LogP contribution in [0.2, 0.25) is 23.2 Å². The van der Waals surface area contributed by atoms with Crippen LogP contribution >= 0.6 is 15.9 Å². The monoisotopic (exact) mass is 556 g/mol.